The number of hydrogen-bond donors (Lipinski definition) is 1. The summed E-state index contributed by atoms with van der Waals surface area (Å²) < 4.78 is 43.5. The molecule has 0 saturated carbocycles. The van der Waals surface area contributed by atoms with Gasteiger partial charge in [0.05, 0.1) is 5.56 Å². The van der Waals surface area contributed by atoms with Crippen molar-refractivity contribution in [3.8, 4) is 5.75 Å². The molecule has 0 unspecified atom stereocenters. The molecule has 27 heavy (non-hydrogen) atoms. The van der Waals surface area contributed by atoms with Gasteiger partial charge in [-0.05, 0) is 49.2 Å². The molecule has 3 rings (SSSR count). The van der Waals surface area contributed by atoms with Crippen LogP contribution in [0.3, 0.4) is 0 Å². The van der Waals surface area contributed by atoms with E-state index in [4.69, 9.17) is 4.74 Å². The van der Waals surface area contributed by atoms with Crippen molar-refractivity contribution < 1.29 is 17.9 Å². The van der Waals surface area contributed by atoms with Crippen LogP contribution in [0.2, 0.25) is 0 Å². The molecule has 0 radical (unpaired) electrons. The van der Waals surface area contributed by atoms with E-state index in [0.717, 1.165) is 31.8 Å². The van der Waals surface area contributed by atoms with Crippen molar-refractivity contribution in [2.45, 2.75) is 45.3 Å². The fraction of sp³-hybridized carbons (Fsp3) is 0.429. The van der Waals surface area contributed by atoms with Crippen LogP contribution in [0.5, 0.6) is 5.75 Å². The summed E-state index contributed by atoms with van der Waals surface area (Å²) in [5, 5.41) is 3.43. The van der Waals surface area contributed by atoms with Crippen molar-refractivity contribution in [3.05, 3.63) is 65.2 Å². The van der Waals surface area contributed by atoms with E-state index < -0.39 is 11.7 Å². The largest absolute Gasteiger partial charge is 0.489 e. The highest BCUT2D eigenvalue weighted by Gasteiger charge is 2.30. The second-order valence-electron chi connectivity index (χ2n) is 7.16. The molecule has 6 heteroatoms. The summed E-state index contributed by atoms with van der Waals surface area (Å²) in [7, 11) is 0. The van der Waals surface area contributed by atoms with Crippen LogP contribution in [0.1, 0.15) is 30.5 Å². The number of nitrogens with one attached hydrogen (secondary N) is 1. The normalized spacial score (nSPS) is 21.2. The van der Waals surface area contributed by atoms with E-state index in [1.807, 2.05) is 24.3 Å². The van der Waals surface area contributed by atoms with E-state index in [0.29, 0.717) is 23.4 Å². The highest BCUT2D eigenvalue weighted by atomic mass is 19.4. The molecule has 1 aliphatic rings. The smallest absolute Gasteiger partial charge is 0.416 e. The molecule has 0 aliphatic carbocycles. The Morgan fingerprint density at radius 3 is 2.04 bits per heavy atom. The second-order valence-corrected chi connectivity index (χ2v) is 7.16. The van der Waals surface area contributed by atoms with Crippen molar-refractivity contribution in [2.75, 3.05) is 13.1 Å². The van der Waals surface area contributed by atoms with Gasteiger partial charge in [0.25, 0.3) is 0 Å². The first-order valence-electron chi connectivity index (χ1n) is 9.17. The van der Waals surface area contributed by atoms with Crippen LogP contribution in [-0.4, -0.2) is 30.1 Å². The Labute approximate surface area is 158 Å². The molecular weight excluding hydrogens is 353 g/mol. The molecular formula is C21H25F3N2O. The van der Waals surface area contributed by atoms with Gasteiger partial charge >= 0.3 is 6.18 Å². The zero-order valence-electron chi connectivity index (χ0n) is 15.6. The van der Waals surface area contributed by atoms with Crippen LogP contribution < -0.4 is 10.1 Å². The predicted molar refractivity (Wildman–Crippen MR) is 99.6 cm³/mol. The van der Waals surface area contributed by atoms with Crippen LogP contribution in [-0.2, 0) is 19.3 Å². The van der Waals surface area contributed by atoms with Crippen LogP contribution in [0.15, 0.2) is 48.5 Å². The number of halogens is 3. The molecule has 1 heterocycles. The molecule has 0 bridgehead atoms. The van der Waals surface area contributed by atoms with E-state index in [-0.39, 0.29) is 6.61 Å². The predicted octanol–water partition coefficient (Wildman–Crippen LogP) is 4.47. The van der Waals surface area contributed by atoms with E-state index in [9.17, 15) is 13.2 Å². The maximum atomic E-state index is 12.6. The Morgan fingerprint density at radius 1 is 0.926 bits per heavy atom. The van der Waals surface area contributed by atoms with Gasteiger partial charge in [0, 0.05) is 31.7 Å². The number of alkyl halides is 3. The van der Waals surface area contributed by atoms with Gasteiger partial charge in [0.1, 0.15) is 12.4 Å². The quantitative estimate of drug-likeness (QED) is 0.831. The zero-order chi connectivity index (χ0) is 19.4. The molecule has 0 spiro atoms. The van der Waals surface area contributed by atoms with Gasteiger partial charge in [-0.25, -0.2) is 0 Å². The fourth-order valence-corrected chi connectivity index (χ4v) is 3.34. The summed E-state index contributed by atoms with van der Waals surface area (Å²) in [6, 6.07) is 14.0. The minimum absolute atomic E-state index is 0.239. The minimum atomic E-state index is -4.31. The highest BCUT2D eigenvalue weighted by Crippen LogP contribution is 2.29. The van der Waals surface area contributed by atoms with Crippen LogP contribution in [0.4, 0.5) is 13.2 Å². The third-order valence-corrected chi connectivity index (χ3v) is 4.99. The number of ether oxygens (including phenoxy) is 1. The molecule has 0 aromatic heterocycles. The fourth-order valence-electron chi connectivity index (χ4n) is 3.34. The van der Waals surface area contributed by atoms with Crippen molar-refractivity contribution in [1.82, 2.24) is 10.2 Å². The van der Waals surface area contributed by atoms with Gasteiger partial charge in [0.15, 0.2) is 0 Å². The summed E-state index contributed by atoms with van der Waals surface area (Å²) in [5.41, 5.74) is 1.28. The molecule has 2 aromatic carbocycles. The van der Waals surface area contributed by atoms with Gasteiger partial charge in [-0.3, -0.25) is 4.90 Å². The Morgan fingerprint density at radius 2 is 1.48 bits per heavy atom. The van der Waals surface area contributed by atoms with Crippen molar-refractivity contribution in [2.24, 2.45) is 0 Å². The van der Waals surface area contributed by atoms with E-state index in [1.165, 1.54) is 17.7 Å². The lowest BCUT2D eigenvalue weighted by Crippen LogP contribution is -2.54. The summed E-state index contributed by atoms with van der Waals surface area (Å²) in [6.07, 6.45) is -4.31. The number of nitrogens with zero attached hydrogens (tertiary/aromatic N) is 1. The summed E-state index contributed by atoms with van der Waals surface area (Å²) in [6.45, 7) is 7.58. The van der Waals surface area contributed by atoms with Gasteiger partial charge in [-0.15, -0.1) is 0 Å². The third-order valence-electron chi connectivity index (χ3n) is 4.99. The molecule has 1 saturated heterocycles. The average Bonchev–Trinajstić information content (AvgIpc) is 2.64. The van der Waals surface area contributed by atoms with E-state index in [2.05, 4.69) is 24.1 Å². The first kappa shape index (κ1) is 19.7. The Balaban J connectivity index is 1.55. The highest BCUT2D eigenvalue weighted by molar-refractivity contribution is 5.29. The lowest BCUT2D eigenvalue weighted by molar-refractivity contribution is -0.137. The summed E-state index contributed by atoms with van der Waals surface area (Å²) in [4.78, 5) is 2.48. The summed E-state index contributed by atoms with van der Waals surface area (Å²) >= 11 is 0. The Bertz CT molecular complexity index is 719. The molecule has 2 atom stereocenters. The van der Waals surface area contributed by atoms with Crippen LogP contribution in [0, 0.1) is 0 Å². The zero-order valence-corrected chi connectivity index (χ0v) is 15.6. The van der Waals surface area contributed by atoms with E-state index in [1.54, 1.807) is 0 Å². The van der Waals surface area contributed by atoms with Gasteiger partial charge in [-0.2, -0.15) is 13.2 Å². The maximum Gasteiger partial charge on any atom is 0.416 e. The summed E-state index contributed by atoms with van der Waals surface area (Å²) in [5.74, 6) is 0.708. The molecule has 1 aliphatic heterocycles. The second kappa shape index (κ2) is 8.31. The first-order chi connectivity index (χ1) is 12.8. The number of piperazine rings is 1. The van der Waals surface area contributed by atoms with Crippen molar-refractivity contribution >= 4 is 0 Å². The lowest BCUT2D eigenvalue weighted by Gasteiger charge is -2.39. The molecule has 1 fully saturated rings. The molecule has 3 nitrogen and oxygen atoms in total. The number of rotatable bonds is 5. The molecule has 2 aromatic rings. The standard InChI is InChI=1S/C21H25F3N2O/c1-15-11-25-12-16(2)26(15)13-17-5-9-20(10-6-17)27-14-18-3-7-19(8-4-18)21(22,23)24/h3-10,15-16,25H,11-14H2,1-2H3/t15-,16+. The Hall–Kier alpha value is -2.05. The topological polar surface area (TPSA) is 24.5 Å². The third kappa shape index (κ3) is 5.23. The molecule has 1 N–H and O–H groups in total. The SMILES string of the molecule is C[C@@H]1CNC[C@H](C)N1Cc1ccc(OCc2ccc(C(F)(F)F)cc2)cc1. The van der Waals surface area contributed by atoms with Crippen LogP contribution >= 0.6 is 0 Å². The van der Waals surface area contributed by atoms with Gasteiger partial charge in [0.2, 0.25) is 0 Å². The maximum absolute atomic E-state index is 12.6. The molecule has 146 valence electrons. The van der Waals surface area contributed by atoms with Crippen molar-refractivity contribution in [1.29, 1.82) is 0 Å². The number of hydrogen-bond acceptors (Lipinski definition) is 3. The van der Waals surface area contributed by atoms with Gasteiger partial charge < -0.3 is 10.1 Å². The van der Waals surface area contributed by atoms with Crippen LogP contribution in [0.25, 0.3) is 0 Å². The Kier molecular flexibility index (Phi) is 6.07. The van der Waals surface area contributed by atoms with E-state index >= 15 is 0 Å². The monoisotopic (exact) mass is 378 g/mol. The number of benzene rings is 2. The first-order valence-corrected chi connectivity index (χ1v) is 9.17. The minimum Gasteiger partial charge on any atom is -0.489 e. The average molecular weight is 378 g/mol. The lowest BCUT2D eigenvalue weighted by atomic mass is 10.1. The van der Waals surface area contributed by atoms with Gasteiger partial charge in [-0.1, -0.05) is 24.3 Å². The van der Waals surface area contributed by atoms with Crippen molar-refractivity contribution in [3.63, 3.8) is 0 Å². The molecule has 0 amide bonds.